The maximum atomic E-state index is 13.0. The van der Waals surface area contributed by atoms with Crippen LogP contribution in [0.15, 0.2) is 77.4 Å². The van der Waals surface area contributed by atoms with E-state index in [2.05, 4.69) is 39.6 Å². The highest BCUT2D eigenvalue weighted by Gasteiger charge is 2.28. The van der Waals surface area contributed by atoms with Crippen molar-refractivity contribution in [1.29, 1.82) is 0 Å². The summed E-state index contributed by atoms with van der Waals surface area (Å²) < 4.78 is 5.51. The van der Waals surface area contributed by atoms with Gasteiger partial charge in [0.1, 0.15) is 0 Å². The molecule has 3 heterocycles. The van der Waals surface area contributed by atoms with Gasteiger partial charge in [0.15, 0.2) is 0 Å². The smallest absolute Gasteiger partial charge is 0.292 e. The van der Waals surface area contributed by atoms with Crippen LogP contribution in [0, 0.1) is 0 Å². The van der Waals surface area contributed by atoms with E-state index < -0.39 is 0 Å². The van der Waals surface area contributed by atoms with Gasteiger partial charge >= 0.3 is 0 Å². The van der Waals surface area contributed by atoms with E-state index in [1.165, 1.54) is 0 Å². The first-order valence-corrected chi connectivity index (χ1v) is 9.66. The molecule has 1 aliphatic rings. The molecule has 2 aromatic heterocycles. The first-order valence-electron chi connectivity index (χ1n) is 9.66. The molecule has 2 aromatic carbocycles. The van der Waals surface area contributed by atoms with Crippen LogP contribution in [0.1, 0.15) is 44.6 Å². The number of aromatic nitrogens is 3. The summed E-state index contributed by atoms with van der Waals surface area (Å²) >= 11 is 0. The van der Waals surface area contributed by atoms with E-state index in [9.17, 15) is 4.79 Å². The molecule has 5 rings (SSSR count). The maximum Gasteiger partial charge on any atom is 0.292 e. The molecule has 0 aliphatic carbocycles. The maximum absolute atomic E-state index is 13.0. The van der Waals surface area contributed by atoms with Crippen molar-refractivity contribution in [2.45, 2.75) is 18.9 Å². The topological polar surface area (TPSA) is 75.0 Å². The minimum absolute atomic E-state index is 0.0930. The second-order valence-electron chi connectivity index (χ2n) is 7.22. The van der Waals surface area contributed by atoms with Crippen molar-refractivity contribution in [1.82, 2.24) is 20.3 Å². The van der Waals surface area contributed by atoms with Crippen molar-refractivity contribution >= 4 is 5.91 Å². The summed E-state index contributed by atoms with van der Waals surface area (Å²) in [5.74, 6) is 0.0313. The molecule has 29 heavy (non-hydrogen) atoms. The summed E-state index contributed by atoms with van der Waals surface area (Å²) in [5.41, 5.74) is 5.09. The van der Waals surface area contributed by atoms with Crippen LogP contribution in [0.3, 0.4) is 0 Å². The Morgan fingerprint density at radius 1 is 1.03 bits per heavy atom. The van der Waals surface area contributed by atoms with Gasteiger partial charge < -0.3 is 9.42 Å². The molecule has 0 bridgehead atoms. The Hall–Kier alpha value is -3.67. The Bertz CT molecular complexity index is 1080. The second-order valence-corrected chi connectivity index (χ2v) is 7.22. The zero-order chi connectivity index (χ0) is 19.6. The lowest BCUT2D eigenvalue weighted by Gasteiger charge is -2.25. The minimum Gasteiger partial charge on any atom is -0.351 e. The zero-order valence-electron chi connectivity index (χ0n) is 15.8. The van der Waals surface area contributed by atoms with Gasteiger partial charge in [0.05, 0.1) is 17.8 Å². The molecule has 6 nitrogen and oxygen atoms in total. The number of rotatable bonds is 4. The van der Waals surface area contributed by atoms with Gasteiger partial charge in [-0.25, -0.2) is 0 Å². The predicted molar refractivity (Wildman–Crippen MR) is 107 cm³/mol. The number of nitrogens with zero attached hydrogens (tertiary/aromatic N) is 3. The van der Waals surface area contributed by atoms with Gasteiger partial charge in [-0.15, -0.1) is 0 Å². The molecule has 144 valence electrons. The number of hydrogen-bond donors (Lipinski definition) is 1. The Labute approximate surface area is 168 Å². The highest BCUT2D eigenvalue weighted by atomic mass is 16.5. The summed E-state index contributed by atoms with van der Waals surface area (Å²) in [5, 5.41) is 11.3. The van der Waals surface area contributed by atoms with Crippen molar-refractivity contribution in [3.8, 4) is 0 Å². The fourth-order valence-electron chi connectivity index (χ4n) is 3.90. The molecule has 0 saturated heterocycles. The molecule has 1 N–H and O–H groups in total. The van der Waals surface area contributed by atoms with Gasteiger partial charge in [-0.1, -0.05) is 65.8 Å². The van der Waals surface area contributed by atoms with Crippen LogP contribution in [0.2, 0.25) is 0 Å². The fraction of sp³-hybridized carbons (Fsp3) is 0.174. The molecule has 0 saturated carbocycles. The van der Waals surface area contributed by atoms with E-state index in [4.69, 9.17) is 4.52 Å². The standard InChI is InChI=1S/C23H20N4O2/c28-23(27-12-11-19-18(15-27)14-24-25-19)21-13-20(26-29-21)22(16-7-3-1-4-8-16)17-9-5-2-6-10-17/h1-10,13-14,22H,11-12,15H2,(H,24,25). The van der Waals surface area contributed by atoms with E-state index in [0.29, 0.717) is 13.1 Å². The SMILES string of the molecule is O=C(c1cc(C(c2ccccc2)c2ccccc2)no1)N1CCc2[nH]ncc2C1. The highest BCUT2D eigenvalue weighted by Crippen LogP contribution is 2.31. The zero-order valence-corrected chi connectivity index (χ0v) is 15.8. The van der Waals surface area contributed by atoms with Crippen LogP contribution >= 0.6 is 0 Å². The number of nitrogens with one attached hydrogen (secondary N) is 1. The van der Waals surface area contributed by atoms with E-state index >= 15 is 0 Å². The van der Waals surface area contributed by atoms with Crippen molar-refractivity contribution in [2.24, 2.45) is 0 Å². The lowest BCUT2D eigenvalue weighted by Crippen LogP contribution is -2.35. The molecule has 4 aromatic rings. The van der Waals surface area contributed by atoms with Crippen LogP contribution < -0.4 is 0 Å². The highest BCUT2D eigenvalue weighted by molar-refractivity contribution is 5.91. The summed E-state index contributed by atoms with van der Waals surface area (Å²) in [6.45, 7) is 1.16. The Morgan fingerprint density at radius 2 is 1.72 bits per heavy atom. The van der Waals surface area contributed by atoms with Gasteiger partial charge in [-0.3, -0.25) is 9.89 Å². The number of carbonyl (C=O) groups excluding carboxylic acids is 1. The number of fused-ring (bicyclic) bond motifs is 1. The van der Waals surface area contributed by atoms with Crippen molar-refractivity contribution in [3.05, 3.63) is 107 Å². The number of benzene rings is 2. The lowest BCUT2D eigenvalue weighted by atomic mass is 9.88. The fourth-order valence-corrected chi connectivity index (χ4v) is 3.90. The third kappa shape index (κ3) is 3.33. The molecule has 0 fully saturated rings. The second kappa shape index (κ2) is 7.39. The Morgan fingerprint density at radius 3 is 2.41 bits per heavy atom. The lowest BCUT2D eigenvalue weighted by molar-refractivity contribution is 0.0692. The van der Waals surface area contributed by atoms with Crippen LogP contribution in [-0.2, 0) is 13.0 Å². The third-order valence-corrected chi connectivity index (χ3v) is 5.39. The Kier molecular flexibility index (Phi) is 4.44. The molecule has 1 amide bonds. The van der Waals surface area contributed by atoms with Gasteiger partial charge in [-0.2, -0.15) is 5.10 Å². The molecule has 1 aliphatic heterocycles. The van der Waals surface area contributed by atoms with Gasteiger partial charge in [0, 0.05) is 36.8 Å². The molecule has 6 heteroatoms. The quantitative estimate of drug-likeness (QED) is 0.581. The van der Waals surface area contributed by atoms with E-state index in [-0.39, 0.29) is 17.6 Å². The molecule has 0 radical (unpaired) electrons. The summed E-state index contributed by atoms with van der Waals surface area (Å²) in [4.78, 5) is 14.8. The molecular weight excluding hydrogens is 364 g/mol. The minimum atomic E-state index is -0.143. The summed E-state index contributed by atoms with van der Waals surface area (Å²) in [6.07, 6.45) is 2.54. The number of carbonyl (C=O) groups is 1. The van der Waals surface area contributed by atoms with Gasteiger partial charge in [0.25, 0.3) is 5.91 Å². The van der Waals surface area contributed by atoms with Gasteiger partial charge in [-0.05, 0) is 11.1 Å². The van der Waals surface area contributed by atoms with E-state index in [0.717, 1.165) is 34.5 Å². The molecule has 0 spiro atoms. The number of hydrogen-bond acceptors (Lipinski definition) is 4. The van der Waals surface area contributed by atoms with Crippen LogP contribution in [-0.4, -0.2) is 32.7 Å². The summed E-state index contributed by atoms with van der Waals surface area (Å²) in [7, 11) is 0. The first-order chi connectivity index (χ1) is 14.3. The number of amides is 1. The normalized spacial score (nSPS) is 13.5. The largest absolute Gasteiger partial charge is 0.351 e. The van der Waals surface area contributed by atoms with Crippen molar-refractivity contribution in [3.63, 3.8) is 0 Å². The van der Waals surface area contributed by atoms with Crippen LogP contribution in [0.5, 0.6) is 0 Å². The van der Waals surface area contributed by atoms with E-state index in [1.54, 1.807) is 17.2 Å². The number of H-pyrrole nitrogens is 1. The monoisotopic (exact) mass is 384 g/mol. The molecule has 0 atom stereocenters. The van der Waals surface area contributed by atoms with Gasteiger partial charge in [0.2, 0.25) is 5.76 Å². The van der Waals surface area contributed by atoms with E-state index in [1.807, 2.05) is 36.4 Å². The van der Waals surface area contributed by atoms with Crippen molar-refractivity contribution in [2.75, 3.05) is 6.54 Å². The molecule has 0 unspecified atom stereocenters. The van der Waals surface area contributed by atoms with Crippen molar-refractivity contribution < 1.29 is 9.32 Å². The summed E-state index contributed by atoms with van der Waals surface area (Å²) in [6, 6.07) is 22.1. The number of aromatic amines is 1. The Balaban J connectivity index is 1.45. The predicted octanol–water partition coefficient (Wildman–Crippen LogP) is 3.78. The average Bonchev–Trinajstić information content (AvgIpc) is 3.44. The van der Waals surface area contributed by atoms with Crippen LogP contribution in [0.4, 0.5) is 0 Å². The average molecular weight is 384 g/mol. The van der Waals surface area contributed by atoms with Crippen LogP contribution in [0.25, 0.3) is 0 Å². The first kappa shape index (κ1) is 17.4. The third-order valence-electron chi connectivity index (χ3n) is 5.39. The molecular formula is C23H20N4O2.